The molecule has 0 unspecified atom stereocenters. The Morgan fingerprint density at radius 1 is 1.12 bits per heavy atom. The molecule has 2 aromatic rings. The van der Waals surface area contributed by atoms with Crippen LogP contribution < -0.4 is 15.5 Å². The Hall–Kier alpha value is -2.82. The molecule has 0 spiro atoms. The van der Waals surface area contributed by atoms with Crippen molar-refractivity contribution in [3.8, 4) is 0 Å². The largest absolute Gasteiger partial charge is 0.338 e. The highest BCUT2D eigenvalue weighted by atomic mass is 16.2. The number of hydrogen-bond acceptors (Lipinski definition) is 2. The van der Waals surface area contributed by atoms with Crippen molar-refractivity contribution >= 4 is 17.6 Å². The molecular weight excluding hydrogens is 326 g/mol. The Kier molecular flexibility index (Phi) is 5.89. The van der Waals surface area contributed by atoms with E-state index in [0.717, 1.165) is 24.1 Å². The minimum absolute atomic E-state index is 0.0447. The summed E-state index contributed by atoms with van der Waals surface area (Å²) in [5, 5.41) is 5.78. The van der Waals surface area contributed by atoms with Gasteiger partial charge in [0, 0.05) is 25.2 Å². The average Bonchev–Trinajstić information content (AvgIpc) is 3.00. The van der Waals surface area contributed by atoms with Crippen LogP contribution in [-0.4, -0.2) is 31.1 Å². The zero-order valence-electron chi connectivity index (χ0n) is 15.1. The number of amides is 3. The maximum atomic E-state index is 12.2. The summed E-state index contributed by atoms with van der Waals surface area (Å²) in [6.45, 7) is 3.14. The van der Waals surface area contributed by atoms with Gasteiger partial charge in [0.15, 0.2) is 0 Å². The first-order valence-electron chi connectivity index (χ1n) is 9.07. The van der Waals surface area contributed by atoms with Crippen molar-refractivity contribution in [1.82, 2.24) is 10.6 Å². The van der Waals surface area contributed by atoms with Crippen molar-refractivity contribution in [1.29, 1.82) is 0 Å². The molecule has 1 aliphatic rings. The Balaban J connectivity index is 1.40. The normalized spacial score (nSPS) is 16.6. The SMILES string of the molecule is Cc1ccc(N2C[C@H](NC(=O)NCCCc3ccccc3)CC2=O)cc1. The molecule has 0 aromatic heterocycles. The number of urea groups is 1. The Bertz CT molecular complexity index is 744. The van der Waals surface area contributed by atoms with E-state index < -0.39 is 0 Å². The van der Waals surface area contributed by atoms with Gasteiger partial charge in [-0.25, -0.2) is 4.79 Å². The first-order chi connectivity index (χ1) is 12.6. The van der Waals surface area contributed by atoms with Crippen LogP contribution in [0.2, 0.25) is 0 Å². The number of rotatable bonds is 6. The van der Waals surface area contributed by atoms with Crippen LogP contribution in [0, 0.1) is 6.92 Å². The van der Waals surface area contributed by atoms with Crippen LogP contribution in [0.1, 0.15) is 24.0 Å². The molecule has 2 N–H and O–H groups in total. The van der Waals surface area contributed by atoms with Gasteiger partial charge >= 0.3 is 6.03 Å². The van der Waals surface area contributed by atoms with Crippen LogP contribution in [0.4, 0.5) is 10.5 Å². The van der Waals surface area contributed by atoms with Crippen molar-refractivity contribution in [2.75, 3.05) is 18.0 Å². The lowest BCUT2D eigenvalue weighted by molar-refractivity contribution is -0.117. The number of anilines is 1. The fraction of sp³-hybridized carbons (Fsp3) is 0.333. The van der Waals surface area contributed by atoms with E-state index in [9.17, 15) is 9.59 Å². The van der Waals surface area contributed by atoms with Gasteiger partial charge in [-0.3, -0.25) is 4.79 Å². The quantitative estimate of drug-likeness (QED) is 0.786. The molecule has 0 radical (unpaired) electrons. The third-order valence-corrected chi connectivity index (χ3v) is 4.58. The van der Waals surface area contributed by atoms with Gasteiger partial charge in [0.1, 0.15) is 0 Å². The van der Waals surface area contributed by atoms with Gasteiger partial charge in [0.2, 0.25) is 5.91 Å². The van der Waals surface area contributed by atoms with Crippen LogP contribution in [0.25, 0.3) is 0 Å². The standard InChI is InChI=1S/C21H25N3O2/c1-16-9-11-19(12-10-16)24-15-18(14-20(24)25)23-21(26)22-13-5-8-17-6-3-2-4-7-17/h2-4,6-7,9-12,18H,5,8,13-15H2,1H3,(H2,22,23,26)/t18-/m1/s1. The third kappa shape index (κ3) is 4.85. The number of nitrogens with one attached hydrogen (secondary N) is 2. The molecule has 1 atom stereocenters. The maximum Gasteiger partial charge on any atom is 0.315 e. The molecule has 5 nitrogen and oxygen atoms in total. The predicted molar refractivity (Wildman–Crippen MR) is 103 cm³/mol. The minimum atomic E-state index is -0.207. The van der Waals surface area contributed by atoms with E-state index in [0.29, 0.717) is 19.5 Å². The molecule has 26 heavy (non-hydrogen) atoms. The van der Waals surface area contributed by atoms with Gasteiger partial charge in [0.25, 0.3) is 0 Å². The molecule has 2 aromatic carbocycles. The van der Waals surface area contributed by atoms with Crippen molar-refractivity contribution in [3.05, 3.63) is 65.7 Å². The Morgan fingerprint density at radius 3 is 2.58 bits per heavy atom. The van der Waals surface area contributed by atoms with Crippen LogP contribution >= 0.6 is 0 Å². The van der Waals surface area contributed by atoms with E-state index in [2.05, 4.69) is 22.8 Å². The second-order valence-electron chi connectivity index (χ2n) is 6.73. The van der Waals surface area contributed by atoms with E-state index in [4.69, 9.17) is 0 Å². The fourth-order valence-electron chi connectivity index (χ4n) is 3.15. The summed E-state index contributed by atoms with van der Waals surface area (Å²) >= 11 is 0. The summed E-state index contributed by atoms with van der Waals surface area (Å²) in [7, 11) is 0. The van der Waals surface area contributed by atoms with Gasteiger partial charge in [-0.2, -0.15) is 0 Å². The van der Waals surface area contributed by atoms with E-state index in [1.165, 1.54) is 5.56 Å². The lowest BCUT2D eigenvalue weighted by Gasteiger charge is -2.17. The number of hydrogen-bond donors (Lipinski definition) is 2. The van der Waals surface area contributed by atoms with Gasteiger partial charge in [-0.15, -0.1) is 0 Å². The summed E-state index contributed by atoms with van der Waals surface area (Å²) in [5.41, 5.74) is 3.31. The highest BCUT2D eigenvalue weighted by molar-refractivity contribution is 5.96. The van der Waals surface area contributed by atoms with Crippen LogP contribution in [0.15, 0.2) is 54.6 Å². The molecule has 1 saturated heterocycles. The first-order valence-corrected chi connectivity index (χ1v) is 9.07. The summed E-state index contributed by atoms with van der Waals surface area (Å²) in [5.74, 6) is 0.0447. The van der Waals surface area contributed by atoms with Gasteiger partial charge < -0.3 is 15.5 Å². The predicted octanol–water partition coefficient (Wildman–Crippen LogP) is 3.03. The molecule has 136 valence electrons. The van der Waals surface area contributed by atoms with E-state index >= 15 is 0 Å². The topological polar surface area (TPSA) is 61.4 Å². The number of carbonyl (C=O) groups is 2. The maximum absolute atomic E-state index is 12.2. The number of aryl methyl sites for hydroxylation is 2. The molecule has 3 rings (SSSR count). The van der Waals surface area contributed by atoms with Gasteiger partial charge in [-0.1, -0.05) is 48.0 Å². The number of benzene rings is 2. The zero-order valence-corrected chi connectivity index (χ0v) is 15.1. The Morgan fingerprint density at radius 2 is 1.85 bits per heavy atom. The van der Waals surface area contributed by atoms with Crippen LogP contribution in [0.3, 0.4) is 0 Å². The van der Waals surface area contributed by atoms with Gasteiger partial charge in [-0.05, 0) is 37.5 Å². The minimum Gasteiger partial charge on any atom is -0.338 e. The molecule has 0 saturated carbocycles. The molecule has 1 aliphatic heterocycles. The molecule has 1 fully saturated rings. The molecular formula is C21H25N3O2. The summed E-state index contributed by atoms with van der Waals surface area (Å²) in [4.78, 5) is 26.0. The zero-order chi connectivity index (χ0) is 18.4. The lowest BCUT2D eigenvalue weighted by Crippen LogP contribution is -2.43. The van der Waals surface area contributed by atoms with Crippen molar-refractivity contribution in [3.63, 3.8) is 0 Å². The van der Waals surface area contributed by atoms with E-state index in [-0.39, 0.29) is 18.0 Å². The number of nitrogens with zero attached hydrogens (tertiary/aromatic N) is 1. The molecule has 1 heterocycles. The number of carbonyl (C=O) groups excluding carboxylic acids is 2. The molecule has 3 amide bonds. The Labute approximate surface area is 154 Å². The van der Waals surface area contributed by atoms with E-state index in [1.807, 2.05) is 49.4 Å². The average molecular weight is 351 g/mol. The first kappa shape index (κ1) is 18.0. The van der Waals surface area contributed by atoms with Crippen molar-refractivity contribution in [2.45, 2.75) is 32.2 Å². The van der Waals surface area contributed by atoms with Crippen LogP contribution in [-0.2, 0) is 11.2 Å². The van der Waals surface area contributed by atoms with E-state index in [1.54, 1.807) is 4.90 Å². The summed E-state index contributed by atoms with van der Waals surface area (Å²) < 4.78 is 0. The fourth-order valence-corrected chi connectivity index (χ4v) is 3.15. The second-order valence-corrected chi connectivity index (χ2v) is 6.73. The molecule has 0 aliphatic carbocycles. The summed E-state index contributed by atoms with van der Waals surface area (Å²) in [6, 6.07) is 17.7. The van der Waals surface area contributed by atoms with Crippen LogP contribution in [0.5, 0.6) is 0 Å². The van der Waals surface area contributed by atoms with Gasteiger partial charge in [0.05, 0.1) is 6.04 Å². The monoisotopic (exact) mass is 351 g/mol. The third-order valence-electron chi connectivity index (χ3n) is 4.58. The molecule has 0 bridgehead atoms. The smallest absolute Gasteiger partial charge is 0.315 e. The second kappa shape index (κ2) is 8.52. The van der Waals surface area contributed by atoms with Crippen molar-refractivity contribution in [2.24, 2.45) is 0 Å². The molecule has 5 heteroatoms. The van der Waals surface area contributed by atoms with Crippen molar-refractivity contribution < 1.29 is 9.59 Å². The lowest BCUT2D eigenvalue weighted by atomic mass is 10.1. The summed E-state index contributed by atoms with van der Waals surface area (Å²) in [6.07, 6.45) is 2.16. The highest BCUT2D eigenvalue weighted by Crippen LogP contribution is 2.21. The highest BCUT2D eigenvalue weighted by Gasteiger charge is 2.31.